The van der Waals surface area contributed by atoms with Crippen molar-refractivity contribution in [3.05, 3.63) is 65.4 Å². The van der Waals surface area contributed by atoms with Crippen LogP contribution in [-0.4, -0.2) is 42.7 Å². The van der Waals surface area contributed by atoms with Gasteiger partial charge in [-0.2, -0.15) is 5.10 Å². The van der Waals surface area contributed by atoms with Crippen LogP contribution in [0.5, 0.6) is 5.75 Å². The number of sulfone groups is 1. The van der Waals surface area contributed by atoms with Crippen molar-refractivity contribution in [2.75, 3.05) is 23.9 Å². The zero-order valence-electron chi connectivity index (χ0n) is 17.8. The molecular formula is C23H25N3O4S. The zero-order chi connectivity index (χ0) is 22.2. The van der Waals surface area contributed by atoms with E-state index >= 15 is 0 Å². The van der Waals surface area contributed by atoms with Gasteiger partial charge >= 0.3 is 0 Å². The normalized spacial score (nSPS) is 17.5. The van der Waals surface area contributed by atoms with Crippen LogP contribution in [0.3, 0.4) is 0 Å². The molecule has 4 rings (SSSR count). The lowest BCUT2D eigenvalue weighted by Crippen LogP contribution is -2.17. The Morgan fingerprint density at radius 3 is 2.52 bits per heavy atom. The number of anilines is 1. The summed E-state index contributed by atoms with van der Waals surface area (Å²) in [6, 6.07) is 14.7. The van der Waals surface area contributed by atoms with Crippen LogP contribution in [-0.2, 0) is 9.84 Å². The summed E-state index contributed by atoms with van der Waals surface area (Å²) in [5, 5.41) is 7.47. The summed E-state index contributed by atoms with van der Waals surface area (Å²) < 4.78 is 31.0. The molecule has 1 atom stereocenters. The molecule has 0 bridgehead atoms. The predicted octanol–water partition coefficient (Wildman–Crippen LogP) is 3.79. The summed E-state index contributed by atoms with van der Waals surface area (Å²) in [5.41, 5.74) is 4.52. The Morgan fingerprint density at radius 2 is 1.87 bits per heavy atom. The minimum Gasteiger partial charge on any atom is -0.497 e. The number of nitrogens with zero attached hydrogens (tertiary/aromatic N) is 2. The van der Waals surface area contributed by atoms with Gasteiger partial charge in [0.15, 0.2) is 15.5 Å². The van der Waals surface area contributed by atoms with Gasteiger partial charge in [-0.25, -0.2) is 8.42 Å². The fourth-order valence-corrected chi connectivity index (χ4v) is 5.48. The Balaban J connectivity index is 1.71. The first kappa shape index (κ1) is 21.1. The maximum absolute atomic E-state index is 13.0. The molecule has 1 saturated heterocycles. The van der Waals surface area contributed by atoms with E-state index in [2.05, 4.69) is 10.4 Å². The molecule has 0 spiro atoms. The number of amides is 1. The number of aryl methyl sites for hydroxylation is 2. The quantitative estimate of drug-likeness (QED) is 0.653. The monoisotopic (exact) mass is 439 g/mol. The molecule has 162 valence electrons. The minimum atomic E-state index is -3.10. The van der Waals surface area contributed by atoms with Gasteiger partial charge < -0.3 is 10.1 Å². The first-order valence-corrected chi connectivity index (χ1v) is 11.9. The number of methoxy groups -OCH3 is 1. The molecule has 0 aliphatic carbocycles. The molecule has 1 aliphatic heterocycles. The molecule has 0 saturated carbocycles. The number of carbonyl (C=O) groups is 1. The third-order valence-corrected chi connectivity index (χ3v) is 7.30. The van der Waals surface area contributed by atoms with Gasteiger partial charge in [-0.1, -0.05) is 12.1 Å². The molecule has 2 aromatic carbocycles. The Labute approximate surface area is 182 Å². The molecule has 1 N–H and O–H groups in total. The molecule has 8 heteroatoms. The zero-order valence-corrected chi connectivity index (χ0v) is 18.6. The van der Waals surface area contributed by atoms with E-state index in [1.165, 1.54) is 0 Å². The molecule has 1 amide bonds. The Kier molecular flexibility index (Phi) is 5.58. The maximum Gasteiger partial charge on any atom is 0.276 e. The number of hydrogen-bond donors (Lipinski definition) is 1. The molecule has 0 radical (unpaired) electrons. The van der Waals surface area contributed by atoms with E-state index in [0.717, 1.165) is 22.4 Å². The molecule has 1 unspecified atom stereocenters. The lowest BCUT2D eigenvalue weighted by molar-refractivity contribution is 0.102. The fraction of sp³-hybridized carbons (Fsp3) is 0.304. The topological polar surface area (TPSA) is 90.3 Å². The number of ether oxygens (including phenoxy) is 1. The molecule has 7 nitrogen and oxygen atoms in total. The molecule has 1 fully saturated rings. The highest BCUT2D eigenvalue weighted by Gasteiger charge is 2.32. The van der Waals surface area contributed by atoms with Crippen molar-refractivity contribution >= 4 is 21.4 Å². The lowest BCUT2D eigenvalue weighted by Gasteiger charge is -2.13. The average Bonchev–Trinajstić information content (AvgIpc) is 3.34. The van der Waals surface area contributed by atoms with Crippen LogP contribution >= 0.6 is 0 Å². The Morgan fingerprint density at radius 1 is 1.13 bits per heavy atom. The third-order valence-electron chi connectivity index (χ3n) is 5.55. The summed E-state index contributed by atoms with van der Waals surface area (Å²) >= 11 is 0. The highest BCUT2D eigenvalue weighted by molar-refractivity contribution is 7.91. The van der Waals surface area contributed by atoms with Gasteiger partial charge in [0.25, 0.3) is 5.91 Å². The summed E-state index contributed by atoms with van der Waals surface area (Å²) in [5.74, 6) is 0.536. The second-order valence-corrected chi connectivity index (χ2v) is 10.1. The van der Waals surface area contributed by atoms with Crippen molar-refractivity contribution in [1.82, 2.24) is 9.78 Å². The summed E-state index contributed by atoms with van der Waals surface area (Å²) in [7, 11) is -1.51. The summed E-state index contributed by atoms with van der Waals surface area (Å²) in [6.45, 7) is 3.89. The Hall–Kier alpha value is -3.13. The first-order chi connectivity index (χ1) is 14.8. The van der Waals surface area contributed by atoms with Crippen molar-refractivity contribution in [3.8, 4) is 17.0 Å². The van der Waals surface area contributed by atoms with Crippen LogP contribution in [0.1, 0.15) is 34.1 Å². The van der Waals surface area contributed by atoms with Crippen molar-refractivity contribution in [3.63, 3.8) is 0 Å². The van der Waals surface area contributed by atoms with E-state index in [1.807, 2.05) is 56.3 Å². The number of benzene rings is 2. The molecule has 1 aliphatic rings. The van der Waals surface area contributed by atoms with Gasteiger partial charge in [0.2, 0.25) is 0 Å². The van der Waals surface area contributed by atoms with Crippen LogP contribution in [0.2, 0.25) is 0 Å². The summed E-state index contributed by atoms with van der Waals surface area (Å²) in [4.78, 5) is 13.0. The molecule has 3 aromatic rings. The second kappa shape index (κ2) is 8.19. The lowest BCUT2D eigenvalue weighted by atomic mass is 10.1. The standard InChI is InChI=1S/C23H25N3O4S/c1-15-4-5-16(2)20(12-15)24-23(27)21-13-22(17-6-8-19(30-3)9-7-17)26(25-21)18-10-11-31(28,29)14-18/h4-9,12-13,18H,10-11,14H2,1-3H3,(H,24,27). The largest absolute Gasteiger partial charge is 0.497 e. The number of carbonyl (C=O) groups excluding carboxylic acids is 1. The van der Waals surface area contributed by atoms with Gasteiger partial charge in [0.1, 0.15) is 5.75 Å². The Bertz CT molecular complexity index is 1230. The van der Waals surface area contributed by atoms with Crippen LogP contribution < -0.4 is 10.1 Å². The van der Waals surface area contributed by atoms with Gasteiger partial charge in [-0.15, -0.1) is 0 Å². The van der Waals surface area contributed by atoms with Crippen LogP contribution in [0.25, 0.3) is 11.3 Å². The summed E-state index contributed by atoms with van der Waals surface area (Å²) in [6.07, 6.45) is 0.477. The van der Waals surface area contributed by atoms with E-state index in [1.54, 1.807) is 17.9 Å². The van der Waals surface area contributed by atoms with Crippen molar-refractivity contribution in [2.45, 2.75) is 26.3 Å². The predicted molar refractivity (Wildman–Crippen MR) is 120 cm³/mol. The number of rotatable bonds is 5. The highest BCUT2D eigenvalue weighted by Crippen LogP contribution is 2.31. The van der Waals surface area contributed by atoms with E-state index in [9.17, 15) is 13.2 Å². The third kappa shape index (κ3) is 4.49. The van der Waals surface area contributed by atoms with Crippen molar-refractivity contribution in [2.24, 2.45) is 0 Å². The van der Waals surface area contributed by atoms with Gasteiger partial charge in [0.05, 0.1) is 30.4 Å². The van der Waals surface area contributed by atoms with Crippen molar-refractivity contribution < 1.29 is 17.9 Å². The molecule has 2 heterocycles. The minimum absolute atomic E-state index is 0.0237. The highest BCUT2D eigenvalue weighted by atomic mass is 32.2. The number of nitrogens with one attached hydrogen (secondary N) is 1. The smallest absolute Gasteiger partial charge is 0.276 e. The van der Waals surface area contributed by atoms with Crippen LogP contribution in [0.15, 0.2) is 48.5 Å². The van der Waals surface area contributed by atoms with Crippen molar-refractivity contribution in [1.29, 1.82) is 0 Å². The van der Waals surface area contributed by atoms with Gasteiger partial charge in [0, 0.05) is 11.3 Å². The number of hydrogen-bond acceptors (Lipinski definition) is 5. The SMILES string of the molecule is COc1ccc(-c2cc(C(=O)Nc3cc(C)ccc3C)nn2C2CCS(=O)(=O)C2)cc1. The molecule has 31 heavy (non-hydrogen) atoms. The van der Waals surface area contributed by atoms with Crippen LogP contribution in [0, 0.1) is 13.8 Å². The van der Waals surface area contributed by atoms with E-state index < -0.39 is 9.84 Å². The maximum atomic E-state index is 13.0. The number of aromatic nitrogens is 2. The molecule has 1 aromatic heterocycles. The first-order valence-electron chi connectivity index (χ1n) is 10.1. The van der Waals surface area contributed by atoms with E-state index in [-0.39, 0.29) is 29.1 Å². The second-order valence-electron chi connectivity index (χ2n) is 7.92. The average molecular weight is 440 g/mol. The van der Waals surface area contributed by atoms with Crippen LogP contribution in [0.4, 0.5) is 5.69 Å². The van der Waals surface area contributed by atoms with Gasteiger partial charge in [-0.3, -0.25) is 9.48 Å². The molecular weight excluding hydrogens is 414 g/mol. The van der Waals surface area contributed by atoms with E-state index in [0.29, 0.717) is 17.9 Å². The fourth-order valence-electron chi connectivity index (χ4n) is 3.79. The van der Waals surface area contributed by atoms with E-state index in [4.69, 9.17) is 4.74 Å². The van der Waals surface area contributed by atoms with Gasteiger partial charge in [-0.05, 0) is 67.8 Å².